The number of aliphatic imine (C=N–C) groups is 1. The zero-order valence-corrected chi connectivity index (χ0v) is 17.2. The molecule has 0 saturated carbocycles. The van der Waals surface area contributed by atoms with Crippen molar-refractivity contribution in [3.8, 4) is 5.75 Å². The fraction of sp³-hybridized carbons (Fsp3) is 0.118. The maximum atomic E-state index is 12.5. The fourth-order valence-corrected chi connectivity index (χ4v) is 5.59. The van der Waals surface area contributed by atoms with Gasteiger partial charge in [-0.05, 0) is 24.3 Å². The molecule has 1 aromatic heterocycles. The van der Waals surface area contributed by atoms with Gasteiger partial charge in [0.15, 0.2) is 6.04 Å². The van der Waals surface area contributed by atoms with E-state index >= 15 is 0 Å². The van der Waals surface area contributed by atoms with Crippen molar-refractivity contribution in [1.29, 1.82) is 0 Å². The van der Waals surface area contributed by atoms with Gasteiger partial charge in [0.1, 0.15) is 20.7 Å². The summed E-state index contributed by atoms with van der Waals surface area (Å²) in [5, 5.41) is 20.8. The van der Waals surface area contributed by atoms with Gasteiger partial charge in [-0.15, -0.1) is 23.1 Å². The SMILES string of the molecule is O=C(O)[C@H]1CSC(c2nc3ccc(OS(=O)(=O)c4ccc([N+](=O)[O-])cc4)cc3s2)=N1. The van der Waals surface area contributed by atoms with E-state index < -0.39 is 27.1 Å². The van der Waals surface area contributed by atoms with Crippen LogP contribution in [0.3, 0.4) is 0 Å². The Hall–Kier alpha value is -3.03. The van der Waals surface area contributed by atoms with Gasteiger partial charge in [-0.2, -0.15) is 8.42 Å². The van der Waals surface area contributed by atoms with Crippen LogP contribution in [0.5, 0.6) is 5.75 Å². The molecule has 1 N–H and O–H groups in total. The molecule has 4 rings (SSSR count). The second-order valence-corrected chi connectivity index (χ2v) is 9.62. The van der Waals surface area contributed by atoms with Gasteiger partial charge in [-0.3, -0.25) is 15.1 Å². The summed E-state index contributed by atoms with van der Waals surface area (Å²) in [4.78, 5) is 29.5. The number of thiazole rings is 1. The summed E-state index contributed by atoms with van der Waals surface area (Å²) in [5.41, 5.74) is 0.363. The Kier molecular flexibility index (Phi) is 5.17. The normalized spacial score (nSPS) is 16.4. The molecule has 3 aromatic rings. The molecule has 1 atom stereocenters. The van der Waals surface area contributed by atoms with Gasteiger partial charge < -0.3 is 9.29 Å². The Morgan fingerprint density at radius 3 is 2.60 bits per heavy atom. The number of nitro groups is 1. The van der Waals surface area contributed by atoms with Crippen LogP contribution in [0.25, 0.3) is 10.2 Å². The summed E-state index contributed by atoms with van der Waals surface area (Å²) in [7, 11) is -4.18. The first kappa shape index (κ1) is 20.3. The second kappa shape index (κ2) is 7.66. The quantitative estimate of drug-likeness (QED) is 0.329. The number of carbonyl (C=O) groups is 1. The predicted octanol–water partition coefficient (Wildman–Crippen LogP) is 2.92. The van der Waals surface area contributed by atoms with Crippen molar-refractivity contribution in [1.82, 2.24) is 4.98 Å². The molecule has 0 amide bonds. The molecular formula is C17H11N3O7S3. The summed E-state index contributed by atoms with van der Waals surface area (Å²) < 4.78 is 30.7. The maximum Gasteiger partial charge on any atom is 0.339 e. The lowest BCUT2D eigenvalue weighted by molar-refractivity contribution is -0.384. The van der Waals surface area contributed by atoms with Crippen LogP contribution >= 0.6 is 23.1 Å². The molecule has 1 aliphatic rings. The molecule has 0 bridgehead atoms. The maximum absolute atomic E-state index is 12.5. The zero-order valence-electron chi connectivity index (χ0n) is 14.8. The van der Waals surface area contributed by atoms with E-state index in [4.69, 9.17) is 9.29 Å². The highest BCUT2D eigenvalue weighted by Crippen LogP contribution is 2.32. The van der Waals surface area contributed by atoms with Crippen molar-refractivity contribution < 1.29 is 27.4 Å². The van der Waals surface area contributed by atoms with E-state index in [9.17, 15) is 23.3 Å². The largest absolute Gasteiger partial charge is 0.480 e. The highest BCUT2D eigenvalue weighted by Gasteiger charge is 2.27. The molecule has 0 spiro atoms. The van der Waals surface area contributed by atoms with Crippen molar-refractivity contribution in [3.63, 3.8) is 0 Å². The van der Waals surface area contributed by atoms with Gasteiger partial charge in [0.05, 0.1) is 15.1 Å². The lowest BCUT2D eigenvalue weighted by Crippen LogP contribution is -2.17. The lowest BCUT2D eigenvalue weighted by atomic mass is 10.3. The minimum Gasteiger partial charge on any atom is -0.480 e. The molecule has 154 valence electrons. The van der Waals surface area contributed by atoms with Crippen LogP contribution in [0.2, 0.25) is 0 Å². The van der Waals surface area contributed by atoms with E-state index in [1.54, 1.807) is 6.07 Å². The average molecular weight is 465 g/mol. The third kappa shape index (κ3) is 3.99. The van der Waals surface area contributed by atoms with Crippen molar-refractivity contribution in [2.24, 2.45) is 4.99 Å². The van der Waals surface area contributed by atoms with E-state index in [1.165, 1.54) is 35.2 Å². The lowest BCUT2D eigenvalue weighted by Gasteiger charge is -2.06. The van der Waals surface area contributed by atoms with E-state index in [0.29, 0.717) is 26.0 Å². The van der Waals surface area contributed by atoms with Crippen LogP contribution < -0.4 is 4.18 Å². The average Bonchev–Trinajstić information content (AvgIpc) is 3.34. The number of fused-ring (bicyclic) bond motifs is 1. The van der Waals surface area contributed by atoms with E-state index in [-0.39, 0.29) is 16.3 Å². The van der Waals surface area contributed by atoms with Crippen molar-refractivity contribution in [2.75, 3.05) is 5.75 Å². The molecule has 0 aliphatic carbocycles. The Labute approximate surface area is 177 Å². The summed E-state index contributed by atoms with van der Waals surface area (Å²) in [6.45, 7) is 0. The molecule has 0 saturated heterocycles. The molecule has 13 heteroatoms. The zero-order chi connectivity index (χ0) is 21.5. The third-order valence-electron chi connectivity index (χ3n) is 4.02. The number of hydrogen-bond donors (Lipinski definition) is 1. The monoisotopic (exact) mass is 465 g/mol. The van der Waals surface area contributed by atoms with Crippen LogP contribution in [-0.4, -0.2) is 46.2 Å². The van der Waals surface area contributed by atoms with Crippen LogP contribution in [0.1, 0.15) is 5.01 Å². The number of carboxylic acid groups (broad SMARTS) is 1. The standard InChI is InChI=1S/C17H11N3O7S3/c21-17(22)13-8-28-15(19-13)16-18-12-6-3-10(7-14(12)29-16)27-30(25,26)11-4-1-9(2-5-11)20(23)24/h1-7,13H,8H2,(H,21,22)/t13-/m1/s1. The number of non-ortho nitro benzene ring substituents is 1. The summed E-state index contributed by atoms with van der Waals surface area (Å²) in [5.74, 6) is -0.603. The number of carboxylic acids is 1. The van der Waals surface area contributed by atoms with Gasteiger partial charge >= 0.3 is 16.1 Å². The Balaban J connectivity index is 1.58. The van der Waals surface area contributed by atoms with Crippen LogP contribution in [0.4, 0.5) is 5.69 Å². The predicted molar refractivity (Wildman–Crippen MR) is 111 cm³/mol. The highest BCUT2D eigenvalue weighted by atomic mass is 32.2. The number of hydrogen-bond acceptors (Lipinski definition) is 10. The van der Waals surface area contributed by atoms with Gasteiger partial charge in [-0.1, -0.05) is 0 Å². The van der Waals surface area contributed by atoms with E-state index in [0.717, 1.165) is 24.3 Å². The third-order valence-corrected chi connectivity index (χ3v) is 7.49. The summed E-state index contributed by atoms with van der Waals surface area (Å²) >= 11 is 2.55. The Bertz CT molecular complexity index is 1300. The number of aliphatic carboxylic acids is 1. The number of nitrogens with zero attached hydrogens (tertiary/aromatic N) is 3. The fourth-order valence-electron chi connectivity index (χ4n) is 2.57. The van der Waals surface area contributed by atoms with Crippen LogP contribution in [0, 0.1) is 10.1 Å². The smallest absolute Gasteiger partial charge is 0.339 e. The molecule has 2 aromatic carbocycles. The number of benzene rings is 2. The van der Waals surface area contributed by atoms with Gasteiger partial charge in [0.25, 0.3) is 5.69 Å². The first-order valence-corrected chi connectivity index (χ1v) is 11.5. The Morgan fingerprint density at radius 1 is 1.23 bits per heavy atom. The van der Waals surface area contributed by atoms with Crippen molar-refractivity contribution in [3.05, 3.63) is 57.6 Å². The summed E-state index contributed by atoms with van der Waals surface area (Å²) in [6.07, 6.45) is 0. The van der Waals surface area contributed by atoms with Crippen molar-refractivity contribution in [2.45, 2.75) is 10.9 Å². The number of thioether (sulfide) groups is 1. The highest BCUT2D eigenvalue weighted by molar-refractivity contribution is 8.15. The molecule has 2 heterocycles. The second-order valence-electron chi connectivity index (χ2n) is 6.04. The molecule has 1 aliphatic heterocycles. The van der Waals surface area contributed by atoms with Gasteiger partial charge in [0, 0.05) is 24.0 Å². The topological polar surface area (TPSA) is 149 Å². The molecular weight excluding hydrogens is 454 g/mol. The number of nitro benzene ring substituents is 1. The molecule has 0 fully saturated rings. The van der Waals surface area contributed by atoms with E-state index in [1.807, 2.05) is 0 Å². The molecule has 30 heavy (non-hydrogen) atoms. The first-order chi connectivity index (χ1) is 14.2. The molecule has 0 unspecified atom stereocenters. The number of aromatic nitrogens is 1. The molecule has 0 radical (unpaired) electrons. The van der Waals surface area contributed by atoms with Crippen molar-refractivity contribution >= 4 is 60.1 Å². The Morgan fingerprint density at radius 2 is 1.97 bits per heavy atom. The van der Waals surface area contributed by atoms with Gasteiger partial charge in [0.2, 0.25) is 0 Å². The van der Waals surface area contributed by atoms with E-state index in [2.05, 4.69) is 9.98 Å². The minimum atomic E-state index is -4.18. The van der Waals surface area contributed by atoms with Crippen LogP contribution in [-0.2, 0) is 14.9 Å². The minimum absolute atomic E-state index is 0.0560. The summed E-state index contributed by atoms with van der Waals surface area (Å²) in [6, 6.07) is 8.11. The number of rotatable bonds is 6. The van der Waals surface area contributed by atoms with Gasteiger partial charge in [-0.25, -0.2) is 9.78 Å². The van der Waals surface area contributed by atoms with Crippen LogP contribution in [0.15, 0.2) is 52.4 Å². The first-order valence-electron chi connectivity index (χ1n) is 8.26. The molecule has 10 nitrogen and oxygen atoms in total.